The van der Waals surface area contributed by atoms with Gasteiger partial charge in [-0.15, -0.1) is 0 Å². The lowest BCUT2D eigenvalue weighted by Gasteiger charge is -2.34. The summed E-state index contributed by atoms with van der Waals surface area (Å²) in [6.07, 6.45) is 4.34. The Morgan fingerprint density at radius 1 is 1.30 bits per heavy atom. The van der Waals surface area contributed by atoms with Crippen molar-refractivity contribution >= 4 is 6.09 Å². The van der Waals surface area contributed by atoms with E-state index in [0.717, 1.165) is 32.5 Å². The van der Waals surface area contributed by atoms with Gasteiger partial charge in [-0.25, -0.2) is 4.79 Å². The molecule has 1 saturated heterocycles. The van der Waals surface area contributed by atoms with Crippen molar-refractivity contribution in [2.24, 2.45) is 11.8 Å². The first-order valence-electron chi connectivity index (χ1n) is 7.80. The zero-order valence-corrected chi connectivity index (χ0v) is 13.8. The van der Waals surface area contributed by atoms with Crippen molar-refractivity contribution in [1.82, 2.24) is 4.90 Å². The topological polar surface area (TPSA) is 38.8 Å². The van der Waals surface area contributed by atoms with Crippen LogP contribution in [0.2, 0.25) is 0 Å². The number of ether oxygens (including phenoxy) is 2. The van der Waals surface area contributed by atoms with Crippen LogP contribution in [0.25, 0.3) is 0 Å². The van der Waals surface area contributed by atoms with E-state index in [0.29, 0.717) is 11.8 Å². The van der Waals surface area contributed by atoms with E-state index < -0.39 is 5.60 Å². The molecule has 0 saturated carbocycles. The Balaban J connectivity index is 2.65. The summed E-state index contributed by atoms with van der Waals surface area (Å²) in [5.74, 6) is 1.14. The molecule has 0 bridgehead atoms. The monoisotopic (exact) mass is 285 g/mol. The minimum Gasteiger partial charge on any atom is -0.444 e. The Bertz CT molecular complexity index is 299. The largest absolute Gasteiger partial charge is 0.444 e. The highest BCUT2D eigenvalue weighted by Crippen LogP contribution is 2.26. The molecule has 1 amide bonds. The molecule has 0 aliphatic carbocycles. The Kier molecular flexibility index (Phi) is 6.80. The van der Waals surface area contributed by atoms with Gasteiger partial charge in [-0.1, -0.05) is 19.8 Å². The van der Waals surface area contributed by atoms with Gasteiger partial charge in [0.2, 0.25) is 0 Å². The second-order valence-electron chi connectivity index (χ2n) is 6.94. The molecule has 0 aromatic rings. The van der Waals surface area contributed by atoms with Crippen LogP contribution in [0.3, 0.4) is 0 Å². The lowest BCUT2D eigenvalue weighted by atomic mass is 9.85. The van der Waals surface area contributed by atoms with Crippen LogP contribution in [0.4, 0.5) is 4.79 Å². The van der Waals surface area contributed by atoms with Gasteiger partial charge in [-0.2, -0.15) is 0 Å². The van der Waals surface area contributed by atoms with Gasteiger partial charge >= 0.3 is 6.09 Å². The maximum atomic E-state index is 12.3. The Hall–Kier alpha value is -0.770. The molecule has 4 nitrogen and oxygen atoms in total. The maximum absolute atomic E-state index is 12.3. The third kappa shape index (κ3) is 6.12. The first-order chi connectivity index (χ1) is 9.33. The van der Waals surface area contributed by atoms with Gasteiger partial charge in [-0.05, 0) is 45.4 Å². The van der Waals surface area contributed by atoms with Crippen LogP contribution in [0.5, 0.6) is 0 Å². The molecule has 0 radical (unpaired) electrons. The highest BCUT2D eigenvalue weighted by molar-refractivity contribution is 5.68. The van der Waals surface area contributed by atoms with Crippen LogP contribution >= 0.6 is 0 Å². The van der Waals surface area contributed by atoms with E-state index in [1.54, 1.807) is 7.11 Å². The number of likely N-dealkylation sites (tertiary alicyclic amines) is 1. The van der Waals surface area contributed by atoms with Gasteiger partial charge in [0.1, 0.15) is 5.60 Å². The summed E-state index contributed by atoms with van der Waals surface area (Å²) in [6, 6.07) is 0. The van der Waals surface area contributed by atoms with Crippen molar-refractivity contribution in [2.75, 3.05) is 26.8 Å². The summed E-state index contributed by atoms with van der Waals surface area (Å²) in [6.45, 7) is 10.4. The lowest BCUT2D eigenvalue weighted by molar-refractivity contribution is 0.0158. The van der Waals surface area contributed by atoms with Gasteiger partial charge in [0.25, 0.3) is 0 Å². The molecule has 1 aliphatic heterocycles. The predicted octanol–water partition coefficient (Wildman–Crippen LogP) is 3.70. The first kappa shape index (κ1) is 17.3. The molecule has 118 valence electrons. The number of nitrogens with zero attached hydrogens (tertiary/aromatic N) is 1. The fraction of sp³-hybridized carbons (Fsp3) is 0.938. The Labute approximate surface area is 123 Å². The number of carbonyl (C=O) groups excluding carboxylic acids is 1. The van der Waals surface area contributed by atoms with Crippen molar-refractivity contribution < 1.29 is 14.3 Å². The van der Waals surface area contributed by atoms with Crippen LogP contribution in [0, 0.1) is 11.8 Å². The van der Waals surface area contributed by atoms with Crippen LogP contribution in [0.1, 0.15) is 53.4 Å². The van der Waals surface area contributed by atoms with E-state index in [4.69, 9.17) is 9.47 Å². The highest BCUT2D eigenvalue weighted by Gasteiger charge is 2.28. The van der Waals surface area contributed by atoms with Gasteiger partial charge < -0.3 is 14.4 Å². The summed E-state index contributed by atoms with van der Waals surface area (Å²) >= 11 is 0. The van der Waals surface area contributed by atoms with Crippen molar-refractivity contribution in [2.45, 2.75) is 59.0 Å². The molecule has 0 aromatic carbocycles. The van der Waals surface area contributed by atoms with Crippen LogP contribution in [-0.4, -0.2) is 43.4 Å². The summed E-state index contributed by atoms with van der Waals surface area (Å²) < 4.78 is 10.7. The molecule has 0 N–H and O–H groups in total. The van der Waals surface area contributed by atoms with E-state index in [9.17, 15) is 4.79 Å². The summed E-state index contributed by atoms with van der Waals surface area (Å²) in [5.41, 5.74) is -0.424. The van der Waals surface area contributed by atoms with E-state index in [1.807, 2.05) is 25.7 Å². The standard InChI is InChI=1S/C16H31NO3/c1-13-8-6-7-10-17(12-14(13)9-11-19-5)15(18)20-16(2,3)4/h13-14H,6-12H2,1-5H3. The molecule has 2 unspecified atom stereocenters. The second-order valence-corrected chi connectivity index (χ2v) is 6.94. The molecule has 1 fully saturated rings. The zero-order chi connectivity index (χ0) is 15.2. The minimum atomic E-state index is -0.424. The third-order valence-corrected chi connectivity index (χ3v) is 3.94. The molecule has 0 aromatic heterocycles. The fourth-order valence-corrected chi connectivity index (χ4v) is 2.70. The Morgan fingerprint density at radius 3 is 2.60 bits per heavy atom. The average Bonchev–Trinajstić information content (AvgIpc) is 2.31. The van der Waals surface area contributed by atoms with Crippen LogP contribution in [-0.2, 0) is 9.47 Å². The molecule has 2 atom stereocenters. The normalized spacial score (nSPS) is 24.9. The number of carbonyl (C=O) groups is 1. The van der Waals surface area contributed by atoms with Crippen LogP contribution < -0.4 is 0 Å². The van der Waals surface area contributed by atoms with Crippen molar-refractivity contribution in [1.29, 1.82) is 0 Å². The second kappa shape index (κ2) is 7.87. The maximum Gasteiger partial charge on any atom is 0.410 e. The number of hydrogen-bond acceptors (Lipinski definition) is 3. The lowest BCUT2D eigenvalue weighted by Crippen LogP contribution is -2.42. The number of amides is 1. The molecular weight excluding hydrogens is 254 g/mol. The smallest absolute Gasteiger partial charge is 0.410 e. The van der Waals surface area contributed by atoms with E-state index >= 15 is 0 Å². The predicted molar refractivity (Wildman–Crippen MR) is 80.8 cm³/mol. The molecule has 1 aliphatic rings. The van der Waals surface area contributed by atoms with Crippen LogP contribution in [0.15, 0.2) is 0 Å². The van der Waals surface area contributed by atoms with Gasteiger partial charge in [0, 0.05) is 26.8 Å². The van der Waals surface area contributed by atoms with Crippen molar-refractivity contribution in [3.05, 3.63) is 0 Å². The minimum absolute atomic E-state index is 0.172. The number of hydrogen-bond donors (Lipinski definition) is 0. The van der Waals surface area contributed by atoms with Gasteiger partial charge in [-0.3, -0.25) is 0 Å². The Morgan fingerprint density at radius 2 is 2.00 bits per heavy atom. The number of rotatable bonds is 3. The number of methoxy groups -OCH3 is 1. The molecule has 1 rings (SSSR count). The molecular formula is C16H31NO3. The SMILES string of the molecule is COCCC1CN(C(=O)OC(C)(C)C)CCCCC1C. The summed E-state index contributed by atoms with van der Waals surface area (Å²) in [7, 11) is 1.74. The molecule has 1 heterocycles. The average molecular weight is 285 g/mol. The van der Waals surface area contributed by atoms with Crippen molar-refractivity contribution in [3.8, 4) is 0 Å². The molecule has 20 heavy (non-hydrogen) atoms. The fourth-order valence-electron chi connectivity index (χ4n) is 2.70. The van der Waals surface area contributed by atoms with E-state index in [1.165, 1.54) is 12.8 Å². The van der Waals surface area contributed by atoms with E-state index in [-0.39, 0.29) is 6.09 Å². The van der Waals surface area contributed by atoms with Crippen molar-refractivity contribution in [3.63, 3.8) is 0 Å². The summed E-state index contributed by atoms with van der Waals surface area (Å²) in [5, 5.41) is 0. The molecule has 4 heteroatoms. The summed E-state index contributed by atoms with van der Waals surface area (Å²) in [4.78, 5) is 14.2. The van der Waals surface area contributed by atoms with E-state index in [2.05, 4.69) is 6.92 Å². The quantitative estimate of drug-likeness (QED) is 0.793. The zero-order valence-electron chi connectivity index (χ0n) is 13.8. The third-order valence-electron chi connectivity index (χ3n) is 3.94. The van der Waals surface area contributed by atoms with Gasteiger partial charge in [0.15, 0.2) is 0 Å². The highest BCUT2D eigenvalue weighted by atomic mass is 16.6. The van der Waals surface area contributed by atoms with Gasteiger partial charge in [0.05, 0.1) is 0 Å². The first-order valence-corrected chi connectivity index (χ1v) is 7.80. The molecule has 0 spiro atoms.